The first-order valence-electron chi connectivity index (χ1n) is 14.7. The number of carbonyl (C=O) groups is 2. The molecule has 2 aromatic heterocycles. The van der Waals surface area contributed by atoms with Gasteiger partial charge in [-0.2, -0.15) is 15.3 Å². The normalized spacial score (nSPS) is 17.2. The van der Waals surface area contributed by atoms with Crippen LogP contribution in [0, 0.1) is 26.1 Å². The number of hydrogen-bond donors (Lipinski definition) is 1. The van der Waals surface area contributed by atoms with Crippen LogP contribution in [-0.4, -0.2) is 41.3 Å². The van der Waals surface area contributed by atoms with Gasteiger partial charge in [0, 0.05) is 59.3 Å². The average Bonchev–Trinajstić information content (AvgIpc) is 3.55. The molecule has 5 rings (SSSR count). The molecule has 2 heterocycles. The predicted molar refractivity (Wildman–Crippen MR) is 171 cm³/mol. The van der Waals surface area contributed by atoms with Gasteiger partial charge in [0.05, 0.1) is 26.9 Å². The molecule has 0 spiro atoms. The van der Waals surface area contributed by atoms with E-state index in [1.807, 2.05) is 32.0 Å². The van der Waals surface area contributed by atoms with Crippen LogP contribution >= 0.6 is 11.8 Å². The number of thioether (sulfide) groups is 1. The van der Waals surface area contributed by atoms with E-state index in [9.17, 15) is 29.8 Å². The monoisotopic (exact) mass is 641 g/mol. The summed E-state index contributed by atoms with van der Waals surface area (Å²) < 4.78 is 0. The van der Waals surface area contributed by atoms with E-state index in [-0.39, 0.29) is 53.1 Å². The summed E-state index contributed by atoms with van der Waals surface area (Å²) in [6, 6.07) is 19.4. The van der Waals surface area contributed by atoms with Crippen molar-refractivity contribution in [3.63, 3.8) is 0 Å². The summed E-state index contributed by atoms with van der Waals surface area (Å²) in [4.78, 5) is 46.9. The van der Waals surface area contributed by atoms with Crippen molar-refractivity contribution < 1.29 is 19.4 Å². The van der Waals surface area contributed by atoms with Gasteiger partial charge < -0.3 is 0 Å². The number of Topliss-reactive ketones (excluding diaryl/α,β-unsaturated/α-hetero) is 1. The van der Waals surface area contributed by atoms with E-state index < -0.39 is 15.1 Å². The maximum Gasteiger partial charge on any atom is 0.289 e. The zero-order valence-electron chi connectivity index (χ0n) is 25.1. The maximum absolute atomic E-state index is 13.0. The molecule has 1 aliphatic rings. The Morgan fingerprint density at radius 2 is 1.48 bits per heavy atom. The lowest BCUT2D eigenvalue weighted by molar-refractivity contribution is -0.385. The van der Waals surface area contributed by atoms with Gasteiger partial charge in [0.2, 0.25) is 0 Å². The Balaban J connectivity index is 1.13. The van der Waals surface area contributed by atoms with Gasteiger partial charge in [-0.3, -0.25) is 35.1 Å². The number of ketones is 1. The van der Waals surface area contributed by atoms with Crippen LogP contribution in [0.15, 0.2) is 77.7 Å². The van der Waals surface area contributed by atoms with Crippen molar-refractivity contribution in [1.29, 1.82) is 0 Å². The fourth-order valence-corrected chi connectivity index (χ4v) is 6.23. The summed E-state index contributed by atoms with van der Waals surface area (Å²) in [7, 11) is 0. The van der Waals surface area contributed by atoms with Gasteiger partial charge in [-0.15, -0.1) is 5.10 Å². The standard InChI is InChI=1S/C32H31N7O6S/c1-19(20(2)30(40)16-21-5-3-6-24(15-21)38(42)43)27-11-12-28(35-34-27)22-9-10-23(17-22)29-13-14-31(37-36-29)33-32(41)46-26-8-4-7-25(18-26)39(44)45/h3-8,11-15,18-20,22-23H,9-10,16-17H2,1-2H3,(H,33,37,41). The first-order valence-corrected chi connectivity index (χ1v) is 15.6. The van der Waals surface area contributed by atoms with Gasteiger partial charge in [-0.25, -0.2) is 0 Å². The molecular formula is C32H31N7O6S. The van der Waals surface area contributed by atoms with Gasteiger partial charge in [-0.05, 0) is 66.9 Å². The fraction of sp³-hybridized carbons (Fsp3) is 0.312. The molecule has 1 saturated carbocycles. The van der Waals surface area contributed by atoms with E-state index in [1.165, 1.54) is 30.3 Å². The summed E-state index contributed by atoms with van der Waals surface area (Å²) in [5.74, 6) is 0.110. The molecule has 4 aromatic rings. The highest BCUT2D eigenvalue weighted by atomic mass is 32.2. The van der Waals surface area contributed by atoms with Gasteiger partial charge in [0.15, 0.2) is 5.82 Å². The van der Waals surface area contributed by atoms with Crippen molar-refractivity contribution in [2.45, 2.75) is 62.2 Å². The third kappa shape index (κ3) is 7.93. The van der Waals surface area contributed by atoms with Crippen LogP contribution in [0.5, 0.6) is 0 Å². The molecule has 0 aliphatic heterocycles. The highest BCUT2D eigenvalue weighted by molar-refractivity contribution is 8.13. The van der Waals surface area contributed by atoms with Crippen molar-refractivity contribution >= 4 is 40.0 Å². The Bertz CT molecular complexity index is 1750. The molecule has 1 aliphatic carbocycles. The van der Waals surface area contributed by atoms with Gasteiger partial charge in [0.1, 0.15) is 5.78 Å². The zero-order chi connectivity index (χ0) is 32.8. The number of nitro groups is 2. The molecule has 236 valence electrons. The molecule has 1 amide bonds. The third-order valence-electron chi connectivity index (χ3n) is 8.35. The number of nitrogens with one attached hydrogen (secondary N) is 1. The predicted octanol–water partition coefficient (Wildman–Crippen LogP) is 7.01. The lowest BCUT2D eigenvalue weighted by atomic mass is 9.86. The molecule has 1 N–H and O–H groups in total. The minimum Gasteiger partial charge on any atom is -0.300 e. The second-order valence-corrected chi connectivity index (χ2v) is 12.4. The number of nitrogens with zero attached hydrogens (tertiary/aromatic N) is 6. The largest absolute Gasteiger partial charge is 0.300 e. The first-order chi connectivity index (χ1) is 22.1. The molecule has 0 radical (unpaired) electrons. The van der Waals surface area contributed by atoms with Crippen molar-refractivity contribution in [2.75, 3.05) is 5.32 Å². The van der Waals surface area contributed by atoms with E-state index in [2.05, 4.69) is 25.7 Å². The van der Waals surface area contributed by atoms with Crippen LogP contribution in [0.25, 0.3) is 0 Å². The highest BCUT2D eigenvalue weighted by Gasteiger charge is 2.30. The lowest BCUT2D eigenvalue weighted by Gasteiger charge is -2.19. The summed E-state index contributed by atoms with van der Waals surface area (Å²) in [6.07, 6.45) is 2.74. The third-order valence-corrected chi connectivity index (χ3v) is 9.13. The summed E-state index contributed by atoms with van der Waals surface area (Å²) in [5.41, 5.74) is 2.89. The summed E-state index contributed by atoms with van der Waals surface area (Å²) in [5, 5.41) is 41.7. The molecule has 1 fully saturated rings. The van der Waals surface area contributed by atoms with Crippen molar-refractivity contribution in [1.82, 2.24) is 20.4 Å². The molecule has 14 heteroatoms. The molecule has 4 unspecified atom stereocenters. The average molecular weight is 642 g/mol. The lowest BCUT2D eigenvalue weighted by Crippen LogP contribution is -2.20. The quantitative estimate of drug-likeness (QED) is 0.101. The van der Waals surface area contributed by atoms with Crippen LogP contribution in [0.2, 0.25) is 0 Å². The van der Waals surface area contributed by atoms with Crippen LogP contribution < -0.4 is 5.32 Å². The zero-order valence-corrected chi connectivity index (χ0v) is 25.9. The second-order valence-electron chi connectivity index (χ2n) is 11.3. The summed E-state index contributed by atoms with van der Waals surface area (Å²) >= 11 is 0.832. The number of rotatable bonds is 11. The molecule has 46 heavy (non-hydrogen) atoms. The topological polar surface area (TPSA) is 184 Å². The number of aromatic nitrogens is 4. The molecule has 4 atom stereocenters. The van der Waals surface area contributed by atoms with Gasteiger partial charge >= 0.3 is 0 Å². The Morgan fingerprint density at radius 1 is 0.848 bits per heavy atom. The van der Waals surface area contributed by atoms with Crippen molar-refractivity contribution in [3.8, 4) is 0 Å². The number of amides is 1. The minimum absolute atomic E-state index is 0.0227. The Labute approximate surface area is 268 Å². The van der Waals surface area contributed by atoms with Crippen molar-refractivity contribution in [2.24, 2.45) is 5.92 Å². The Kier molecular flexibility index (Phi) is 10.1. The number of benzene rings is 2. The van der Waals surface area contributed by atoms with Crippen molar-refractivity contribution in [3.05, 3.63) is 116 Å². The highest BCUT2D eigenvalue weighted by Crippen LogP contribution is 2.42. The minimum atomic E-state index is -0.512. The molecule has 0 bridgehead atoms. The van der Waals surface area contributed by atoms with E-state index in [1.54, 1.807) is 24.3 Å². The smallest absolute Gasteiger partial charge is 0.289 e. The SMILES string of the molecule is CC(C(=O)Cc1cccc([N+](=O)[O-])c1)C(C)c1ccc(C2CCC(c3ccc(NC(=O)Sc4cccc([N+](=O)[O-])c4)nn3)C2)nn1. The number of non-ortho nitro benzene ring substituents is 2. The summed E-state index contributed by atoms with van der Waals surface area (Å²) in [6.45, 7) is 3.78. The van der Waals surface area contributed by atoms with E-state index in [0.717, 1.165) is 42.4 Å². The molecule has 0 saturated heterocycles. The number of nitro benzene ring substituents is 2. The number of carbonyl (C=O) groups excluding carboxylic acids is 2. The van der Waals surface area contributed by atoms with E-state index in [0.29, 0.717) is 16.2 Å². The maximum atomic E-state index is 13.0. The van der Waals surface area contributed by atoms with Crippen LogP contribution in [-0.2, 0) is 11.2 Å². The molecular weight excluding hydrogens is 610 g/mol. The van der Waals surface area contributed by atoms with Gasteiger partial charge in [-0.1, -0.05) is 32.0 Å². The van der Waals surface area contributed by atoms with E-state index in [4.69, 9.17) is 0 Å². The fourth-order valence-electron chi connectivity index (χ4n) is 5.53. The number of anilines is 1. The Morgan fingerprint density at radius 3 is 2.09 bits per heavy atom. The molecule has 2 aromatic carbocycles. The number of hydrogen-bond acceptors (Lipinski definition) is 11. The second kappa shape index (κ2) is 14.3. The van der Waals surface area contributed by atoms with Crippen LogP contribution in [0.1, 0.15) is 73.5 Å². The molecule has 13 nitrogen and oxygen atoms in total. The van der Waals surface area contributed by atoms with Crippen LogP contribution in [0.3, 0.4) is 0 Å². The van der Waals surface area contributed by atoms with Gasteiger partial charge in [0.25, 0.3) is 16.6 Å². The Hall–Kier alpha value is -5.11. The first kappa shape index (κ1) is 32.3. The van der Waals surface area contributed by atoms with E-state index >= 15 is 0 Å². The van der Waals surface area contributed by atoms with Crippen LogP contribution in [0.4, 0.5) is 22.0 Å².